The maximum Gasteiger partial charge on any atom is 0.139 e. The quantitative estimate of drug-likeness (QED) is 0.646. The molecule has 1 radical (unpaired) electrons. The molecule has 0 heterocycles. The number of thioether (sulfide) groups is 1. The summed E-state index contributed by atoms with van der Waals surface area (Å²) in [4.78, 5) is 0. The Morgan fingerprint density at radius 2 is 2.08 bits per heavy atom. The van der Waals surface area contributed by atoms with Gasteiger partial charge in [0, 0.05) is 12.4 Å². The van der Waals surface area contributed by atoms with E-state index in [9.17, 15) is 0 Å². The van der Waals surface area contributed by atoms with Crippen LogP contribution in [0, 0.1) is 5.94 Å². The molecule has 0 aliphatic heterocycles. The molecule has 0 saturated heterocycles. The van der Waals surface area contributed by atoms with Gasteiger partial charge in [0.1, 0.15) is 5.94 Å². The van der Waals surface area contributed by atoms with Crippen molar-refractivity contribution in [1.82, 2.24) is 0 Å². The summed E-state index contributed by atoms with van der Waals surface area (Å²) in [5, 5.41) is 0. The zero-order valence-corrected chi connectivity index (χ0v) is 8.01. The molecule has 65 valence electrons. The van der Waals surface area contributed by atoms with Gasteiger partial charge in [0.25, 0.3) is 0 Å². The second-order valence-corrected chi connectivity index (χ2v) is 3.16. The predicted molar refractivity (Wildman–Crippen MR) is 53.7 cm³/mol. The third kappa shape index (κ3) is 3.79. The number of benzene rings is 1. The minimum absolute atomic E-state index is 0.752. The third-order valence-electron chi connectivity index (χ3n) is 1.40. The van der Waals surface area contributed by atoms with Crippen molar-refractivity contribution in [3.8, 4) is 0 Å². The monoisotopic (exact) mass is 181 g/mol. The van der Waals surface area contributed by atoms with E-state index >= 15 is 0 Å². The molecule has 0 bridgehead atoms. The van der Waals surface area contributed by atoms with Gasteiger partial charge in [0.15, 0.2) is 0 Å². The van der Waals surface area contributed by atoms with Gasteiger partial charge in [-0.05, 0) is 12.5 Å². The molecule has 0 unspecified atom stereocenters. The first kappa shape index (κ1) is 9.62. The smallest absolute Gasteiger partial charge is 0.139 e. The lowest BCUT2D eigenvalue weighted by molar-refractivity contribution is 0.249. The molecule has 1 rings (SSSR count). The van der Waals surface area contributed by atoms with Crippen LogP contribution in [-0.4, -0.2) is 6.61 Å². The van der Waals surface area contributed by atoms with E-state index in [1.807, 2.05) is 13.0 Å². The van der Waals surface area contributed by atoms with Crippen LogP contribution in [0.2, 0.25) is 0 Å². The lowest BCUT2D eigenvalue weighted by Gasteiger charge is -2.00. The van der Waals surface area contributed by atoms with Crippen molar-refractivity contribution < 1.29 is 4.74 Å². The van der Waals surface area contributed by atoms with E-state index in [1.165, 1.54) is 5.56 Å². The zero-order valence-electron chi connectivity index (χ0n) is 7.19. The second kappa shape index (κ2) is 6.09. The first-order valence-electron chi connectivity index (χ1n) is 4.02. The Morgan fingerprint density at radius 1 is 1.33 bits per heavy atom. The molecule has 0 spiro atoms. The molecule has 12 heavy (non-hydrogen) atoms. The largest absolute Gasteiger partial charge is 0.364 e. The van der Waals surface area contributed by atoms with Crippen molar-refractivity contribution in [2.45, 2.75) is 12.7 Å². The molecule has 2 heteroatoms. The van der Waals surface area contributed by atoms with E-state index < -0.39 is 0 Å². The minimum Gasteiger partial charge on any atom is -0.364 e. The molecule has 0 aliphatic carbocycles. The van der Waals surface area contributed by atoms with Crippen LogP contribution in [0.4, 0.5) is 0 Å². The Bertz CT molecular complexity index is 198. The minimum atomic E-state index is 0.752. The summed E-state index contributed by atoms with van der Waals surface area (Å²) >= 11 is 1.68. The predicted octanol–water partition coefficient (Wildman–Crippen LogP) is 3.08. The number of rotatable bonds is 5. The number of hydrogen-bond donors (Lipinski definition) is 0. The van der Waals surface area contributed by atoms with Gasteiger partial charge >= 0.3 is 0 Å². The van der Waals surface area contributed by atoms with Crippen LogP contribution in [-0.2, 0) is 10.5 Å². The van der Waals surface area contributed by atoms with Crippen molar-refractivity contribution in [1.29, 1.82) is 0 Å². The molecule has 0 fully saturated rings. The van der Waals surface area contributed by atoms with Gasteiger partial charge in [0.2, 0.25) is 0 Å². The fourth-order valence-corrected chi connectivity index (χ4v) is 1.51. The molecular formula is C10H13OS. The summed E-state index contributed by atoms with van der Waals surface area (Å²) in [7, 11) is 0. The molecule has 0 saturated carbocycles. The highest BCUT2D eigenvalue weighted by atomic mass is 32.2. The van der Waals surface area contributed by atoms with Crippen LogP contribution in [0.25, 0.3) is 0 Å². The van der Waals surface area contributed by atoms with Crippen LogP contribution in [0.15, 0.2) is 30.3 Å². The van der Waals surface area contributed by atoms with Crippen molar-refractivity contribution >= 4 is 11.8 Å². The van der Waals surface area contributed by atoms with Gasteiger partial charge in [-0.3, -0.25) is 0 Å². The van der Waals surface area contributed by atoms with Crippen LogP contribution < -0.4 is 0 Å². The fraction of sp³-hybridized carbons (Fsp3) is 0.300. The van der Waals surface area contributed by atoms with E-state index in [0.29, 0.717) is 0 Å². The third-order valence-corrected chi connectivity index (χ3v) is 2.17. The Balaban J connectivity index is 2.16. The summed E-state index contributed by atoms with van der Waals surface area (Å²) in [5.74, 6) is 2.79. The maximum absolute atomic E-state index is 5.09. The first-order chi connectivity index (χ1) is 5.93. The first-order valence-corrected chi connectivity index (χ1v) is 5.07. The average molecular weight is 181 g/mol. The second-order valence-electron chi connectivity index (χ2n) is 2.35. The molecule has 0 amide bonds. The van der Waals surface area contributed by atoms with Gasteiger partial charge in [-0.2, -0.15) is 0 Å². The topological polar surface area (TPSA) is 9.23 Å². The van der Waals surface area contributed by atoms with E-state index in [4.69, 9.17) is 4.74 Å². The Morgan fingerprint density at radius 3 is 2.75 bits per heavy atom. The van der Waals surface area contributed by atoms with Gasteiger partial charge in [-0.15, -0.1) is 11.8 Å². The Kier molecular flexibility index (Phi) is 4.88. The summed E-state index contributed by atoms with van der Waals surface area (Å²) in [6.45, 7) is 2.74. The molecule has 0 aromatic heterocycles. The normalized spacial score (nSPS) is 10.1. The van der Waals surface area contributed by atoms with Gasteiger partial charge < -0.3 is 4.74 Å². The fourth-order valence-electron chi connectivity index (χ4n) is 0.821. The highest BCUT2D eigenvalue weighted by molar-refractivity contribution is 8.00. The lowest BCUT2D eigenvalue weighted by atomic mass is 10.2. The van der Waals surface area contributed by atoms with Crippen LogP contribution in [0.3, 0.4) is 0 Å². The SMILES string of the molecule is CCO[CH]SCc1ccccc1. The molecule has 0 atom stereocenters. The molecular weight excluding hydrogens is 168 g/mol. The van der Waals surface area contributed by atoms with Gasteiger partial charge in [-0.25, -0.2) is 0 Å². The van der Waals surface area contributed by atoms with E-state index in [-0.39, 0.29) is 0 Å². The van der Waals surface area contributed by atoms with Crippen molar-refractivity contribution in [3.05, 3.63) is 41.8 Å². The molecule has 0 aliphatic rings. The summed E-state index contributed by atoms with van der Waals surface area (Å²) < 4.78 is 5.09. The molecule has 1 aromatic carbocycles. The number of ether oxygens (including phenoxy) is 1. The van der Waals surface area contributed by atoms with E-state index in [1.54, 1.807) is 17.7 Å². The standard InChI is InChI=1S/C10H13OS/c1-2-11-9-12-8-10-6-4-3-5-7-10/h3-7,9H,2,8H2,1H3. The Hall–Kier alpha value is -0.470. The van der Waals surface area contributed by atoms with Crippen molar-refractivity contribution in [2.24, 2.45) is 0 Å². The zero-order chi connectivity index (χ0) is 8.65. The van der Waals surface area contributed by atoms with E-state index in [2.05, 4.69) is 24.3 Å². The molecule has 0 N–H and O–H groups in total. The summed E-state index contributed by atoms with van der Waals surface area (Å²) in [5.41, 5.74) is 1.33. The lowest BCUT2D eigenvalue weighted by Crippen LogP contribution is -1.83. The maximum atomic E-state index is 5.09. The van der Waals surface area contributed by atoms with Crippen molar-refractivity contribution in [2.75, 3.05) is 6.61 Å². The van der Waals surface area contributed by atoms with Crippen LogP contribution in [0.5, 0.6) is 0 Å². The summed E-state index contributed by atoms with van der Waals surface area (Å²) in [6.07, 6.45) is 0. The summed E-state index contributed by atoms with van der Waals surface area (Å²) in [6, 6.07) is 10.4. The van der Waals surface area contributed by atoms with Gasteiger partial charge in [-0.1, -0.05) is 30.3 Å². The molecule has 1 aromatic rings. The highest BCUT2D eigenvalue weighted by Crippen LogP contribution is 2.14. The van der Waals surface area contributed by atoms with Crippen LogP contribution >= 0.6 is 11.8 Å². The van der Waals surface area contributed by atoms with Crippen molar-refractivity contribution in [3.63, 3.8) is 0 Å². The Labute approximate surface area is 78.1 Å². The van der Waals surface area contributed by atoms with E-state index in [0.717, 1.165) is 12.4 Å². The van der Waals surface area contributed by atoms with Crippen LogP contribution in [0.1, 0.15) is 12.5 Å². The van der Waals surface area contributed by atoms with Gasteiger partial charge in [0.05, 0.1) is 0 Å². The molecule has 1 nitrogen and oxygen atoms in total. The average Bonchev–Trinajstić information content (AvgIpc) is 2.14. The highest BCUT2D eigenvalue weighted by Gasteiger charge is 1.91. The number of hydrogen-bond acceptors (Lipinski definition) is 2.